The lowest BCUT2D eigenvalue weighted by Crippen LogP contribution is -2.46. The van der Waals surface area contributed by atoms with Gasteiger partial charge in [-0.15, -0.1) is 10.2 Å². The minimum atomic E-state index is -1.07. The highest BCUT2D eigenvalue weighted by atomic mass is 79.9. The SMILES string of the molecule is CC(C)(NCc1nnc(-c2ccc(Br)o2)o1)C(=O)O. The molecule has 0 aromatic carbocycles. The molecule has 0 saturated carbocycles. The summed E-state index contributed by atoms with van der Waals surface area (Å²) in [4.78, 5) is 10.9. The first kappa shape index (κ1) is 13.8. The topological polar surface area (TPSA) is 101 Å². The molecule has 7 nitrogen and oxygen atoms in total. The Labute approximate surface area is 117 Å². The molecule has 8 heteroatoms. The Kier molecular flexibility index (Phi) is 3.72. The summed E-state index contributed by atoms with van der Waals surface area (Å²) in [5.74, 6) is 0.0257. The molecule has 0 atom stereocenters. The van der Waals surface area contributed by atoms with Crippen molar-refractivity contribution in [2.45, 2.75) is 25.9 Å². The molecular formula is C11H12BrN3O4. The summed E-state index contributed by atoms with van der Waals surface area (Å²) in [6, 6.07) is 3.40. The summed E-state index contributed by atoms with van der Waals surface area (Å²) >= 11 is 3.17. The van der Waals surface area contributed by atoms with Crippen LogP contribution >= 0.6 is 15.9 Å². The van der Waals surface area contributed by atoms with Crippen LogP contribution < -0.4 is 5.32 Å². The van der Waals surface area contributed by atoms with Crippen LogP contribution in [0.2, 0.25) is 0 Å². The molecule has 0 amide bonds. The van der Waals surface area contributed by atoms with Crippen LogP contribution in [0.4, 0.5) is 0 Å². The fourth-order valence-electron chi connectivity index (χ4n) is 1.23. The van der Waals surface area contributed by atoms with Crippen LogP contribution in [0.5, 0.6) is 0 Å². The van der Waals surface area contributed by atoms with Crippen LogP contribution in [0.25, 0.3) is 11.7 Å². The fourth-order valence-corrected chi connectivity index (χ4v) is 1.53. The van der Waals surface area contributed by atoms with E-state index in [1.165, 1.54) is 0 Å². The molecule has 0 spiro atoms. The van der Waals surface area contributed by atoms with E-state index in [9.17, 15) is 4.79 Å². The average Bonchev–Trinajstić information content (AvgIpc) is 2.94. The second-order valence-corrected chi connectivity index (χ2v) is 5.17. The van der Waals surface area contributed by atoms with Gasteiger partial charge in [0.1, 0.15) is 5.54 Å². The molecule has 2 N–H and O–H groups in total. The minimum absolute atomic E-state index is 0.161. The van der Waals surface area contributed by atoms with Gasteiger partial charge in [-0.2, -0.15) is 0 Å². The van der Waals surface area contributed by atoms with E-state index in [0.717, 1.165) is 0 Å². The first-order valence-corrected chi connectivity index (χ1v) is 6.24. The van der Waals surface area contributed by atoms with Gasteiger partial charge in [0.25, 0.3) is 5.89 Å². The van der Waals surface area contributed by atoms with Gasteiger partial charge >= 0.3 is 5.97 Å². The molecule has 0 aliphatic rings. The quantitative estimate of drug-likeness (QED) is 0.865. The van der Waals surface area contributed by atoms with E-state index < -0.39 is 11.5 Å². The van der Waals surface area contributed by atoms with E-state index in [4.69, 9.17) is 13.9 Å². The normalized spacial score (nSPS) is 11.7. The van der Waals surface area contributed by atoms with E-state index in [1.54, 1.807) is 26.0 Å². The lowest BCUT2D eigenvalue weighted by atomic mass is 10.1. The second-order valence-electron chi connectivity index (χ2n) is 4.39. The van der Waals surface area contributed by atoms with Crippen molar-refractivity contribution < 1.29 is 18.7 Å². The fraction of sp³-hybridized carbons (Fsp3) is 0.364. The van der Waals surface area contributed by atoms with Crippen LogP contribution in [0, 0.1) is 0 Å². The third-order valence-electron chi connectivity index (χ3n) is 2.47. The highest BCUT2D eigenvalue weighted by molar-refractivity contribution is 9.10. The zero-order valence-corrected chi connectivity index (χ0v) is 11.9. The van der Waals surface area contributed by atoms with Crippen LogP contribution in [0.1, 0.15) is 19.7 Å². The van der Waals surface area contributed by atoms with Crippen LogP contribution in [-0.4, -0.2) is 26.8 Å². The molecule has 2 rings (SSSR count). The Morgan fingerprint density at radius 2 is 2.16 bits per heavy atom. The van der Waals surface area contributed by atoms with Gasteiger partial charge in [0.15, 0.2) is 10.4 Å². The van der Waals surface area contributed by atoms with Gasteiger partial charge < -0.3 is 13.9 Å². The zero-order valence-electron chi connectivity index (χ0n) is 10.3. The highest BCUT2D eigenvalue weighted by Crippen LogP contribution is 2.23. The summed E-state index contributed by atoms with van der Waals surface area (Å²) in [6.07, 6.45) is 0. The maximum absolute atomic E-state index is 10.9. The van der Waals surface area contributed by atoms with E-state index in [-0.39, 0.29) is 18.3 Å². The van der Waals surface area contributed by atoms with E-state index in [0.29, 0.717) is 10.4 Å². The van der Waals surface area contributed by atoms with Gasteiger partial charge in [0.2, 0.25) is 5.89 Å². The molecule has 102 valence electrons. The third kappa shape index (κ3) is 3.21. The average molecular weight is 330 g/mol. The smallest absolute Gasteiger partial charge is 0.323 e. The van der Waals surface area contributed by atoms with Gasteiger partial charge in [0, 0.05) is 0 Å². The number of furan rings is 1. The molecule has 0 fully saturated rings. The Morgan fingerprint density at radius 1 is 1.42 bits per heavy atom. The van der Waals surface area contributed by atoms with Crippen LogP contribution in [0.15, 0.2) is 25.6 Å². The maximum atomic E-state index is 10.9. The van der Waals surface area contributed by atoms with Crippen molar-refractivity contribution in [1.82, 2.24) is 15.5 Å². The molecule has 19 heavy (non-hydrogen) atoms. The van der Waals surface area contributed by atoms with Crippen molar-refractivity contribution in [3.05, 3.63) is 22.7 Å². The van der Waals surface area contributed by atoms with Crippen molar-refractivity contribution >= 4 is 21.9 Å². The van der Waals surface area contributed by atoms with E-state index in [1.807, 2.05) is 0 Å². The summed E-state index contributed by atoms with van der Waals surface area (Å²) < 4.78 is 11.2. The molecule has 0 bridgehead atoms. The minimum Gasteiger partial charge on any atom is -0.480 e. The maximum Gasteiger partial charge on any atom is 0.323 e. The Bertz CT molecular complexity index is 590. The number of aromatic nitrogens is 2. The third-order valence-corrected chi connectivity index (χ3v) is 2.89. The molecular weight excluding hydrogens is 318 g/mol. The zero-order chi connectivity index (χ0) is 14.0. The largest absolute Gasteiger partial charge is 0.480 e. The number of hydrogen-bond donors (Lipinski definition) is 2. The highest BCUT2D eigenvalue weighted by Gasteiger charge is 2.27. The monoisotopic (exact) mass is 329 g/mol. The van der Waals surface area contributed by atoms with Gasteiger partial charge in [0.05, 0.1) is 6.54 Å². The second kappa shape index (κ2) is 5.14. The number of rotatable bonds is 5. The molecule has 2 aromatic heterocycles. The molecule has 2 heterocycles. The molecule has 0 radical (unpaired) electrons. The lowest BCUT2D eigenvalue weighted by molar-refractivity contribution is -0.143. The number of hydrogen-bond acceptors (Lipinski definition) is 6. The van der Waals surface area contributed by atoms with Gasteiger partial charge in [-0.25, -0.2) is 0 Å². The van der Waals surface area contributed by atoms with Crippen LogP contribution in [-0.2, 0) is 11.3 Å². The standard InChI is InChI=1S/C11H12BrN3O4/c1-11(2,10(16)17)13-5-8-14-15-9(19-8)6-3-4-7(12)18-6/h3-4,13H,5H2,1-2H3,(H,16,17). The first-order valence-electron chi connectivity index (χ1n) is 5.45. The van der Waals surface area contributed by atoms with Crippen LogP contribution in [0.3, 0.4) is 0 Å². The number of carboxylic acid groups (broad SMARTS) is 1. The number of nitrogens with one attached hydrogen (secondary N) is 1. The molecule has 0 saturated heterocycles. The van der Waals surface area contributed by atoms with Crippen molar-refractivity contribution in [2.24, 2.45) is 0 Å². The molecule has 0 unspecified atom stereocenters. The van der Waals surface area contributed by atoms with E-state index in [2.05, 4.69) is 31.4 Å². The predicted molar refractivity (Wildman–Crippen MR) is 68.3 cm³/mol. The summed E-state index contributed by atoms with van der Waals surface area (Å²) in [5.41, 5.74) is -1.07. The first-order chi connectivity index (χ1) is 8.88. The molecule has 0 aliphatic carbocycles. The van der Waals surface area contributed by atoms with Crippen molar-refractivity contribution in [3.8, 4) is 11.7 Å². The van der Waals surface area contributed by atoms with Crippen molar-refractivity contribution in [2.75, 3.05) is 0 Å². The number of carbonyl (C=O) groups is 1. The Balaban J connectivity index is 2.04. The van der Waals surface area contributed by atoms with Gasteiger partial charge in [-0.1, -0.05) is 0 Å². The summed E-state index contributed by atoms with van der Waals surface area (Å²) in [6.45, 7) is 3.26. The molecule has 2 aromatic rings. The van der Waals surface area contributed by atoms with Crippen molar-refractivity contribution in [3.63, 3.8) is 0 Å². The number of aliphatic carboxylic acids is 1. The number of carboxylic acids is 1. The summed E-state index contributed by atoms with van der Waals surface area (Å²) in [5, 5.41) is 19.4. The molecule has 0 aliphatic heterocycles. The predicted octanol–water partition coefficient (Wildman–Crippen LogP) is 2.04. The summed E-state index contributed by atoms with van der Waals surface area (Å²) in [7, 11) is 0. The number of nitrogens with zero attached hydrogens (tertiary/aromatic N) is 2. The van der Waals surface area contributed by atoms with Gasteiger partial charge in [-0.05, 0) is 41.9 Å². The Hall–Kier alpha value is -1.67. The van der Waals surface area contributed by atoms with Gasteiger partial charge in [-0.3, -0.25) is 10.1 Å². The Morgan fingerprint density at radius 3 is 2.74 bits per heavy atom. The lowest BCUT2D eigenvalue weighted by Gasteiger charge is -2.19. The number of halogens is 1. The van der Waals surface area contributed by atoms with E-state index >= 15 is 0 Å². The van der Waals surface area contributed by atoms with Crippen molar-refractivity contribution in [1.29, 1.82) is 0 Å².